The van der Waals surface area contributed by atoms with Crippen molar-refractivity contribution in [3.05, 3.63) is 34.9 Å². The second-order valence-corrected chi connectivity index (χ2v) is 6.63. The molecule has 1 aliphatic heterocycles. The van der Waals surface area contributed by atoms with Crippen molar-refractivity contribution < 1.29 is 4.79 Å². The van der Waals surface area contributed by atoms with Gasteiger partial charge in [0.25, 0.3) is 0 Å². The van der Waals surface area contributed by atoms with E-state index in [9.17, 15) is 4.79 Å². The summed E-state index contributed by atoms with van der Waals surface area (Å²) in [5, 5.41) is 0.721. The van der Waals surface area contributed by atoms with Crippen molar-refractivity contribution in [1.82, 2.24) is 9.80 Å². The quantitative estimate of drug-likeness (QED) is 0.832. The molecule has 0 N–H and O–H groups in total. The van der Waals surface area contributed by atoms with Crippen LogP contribution in [0.2, 0.25) is 5.02 Å². The molecule has 1 heterocycles. The van der Waals surface area contributed by atoms with E-state index in [1.807, 2.05) is 31.3 Å². The van der Waals surface area contributed by atoms with Gasteiger partial charge in [-0.3, -0.25) is 4.79 Å². The maximum Gasteiger partial charge on any atom is 0.222 e. The van der Waals surface area contributed by atoms with E-state index in [1.54, 1.807) is 4.90 Å². The predicted molar refractivity (Wildman–Crippen MR) is 87.4 cm³/mol. The molecule has 1 aliphatic rings. The van der Waals surface area contributed by atoms with Crippen LogP contribution in [0.1, 0.15) is 31.2 Å². The van der Waals surface area contributed by atoms with Gasteiger partial charge < -0.3 is 9.80 Å². The number of amides is 1. The highest BCUT2D eigenvalue weighted by Crippen LogP contribution is 2.20. The molecule has 0 bridgehead atoms. The summed E-state index contributed by atoms with van der Waals surface area (Å²) in [6, 6.07) is 7.70. The van der Waals surface area contributed by atoms with Gasteiger partial charge >= 0.3 is 0 Å². The molecule has 0 spiro atoms. The number of likely N-dealkylation sites (tertiary alicyclic amines) is 1. The van der Waals surface area contributed by atoms with Crippen LogP contribution in [0.3, 0.4) is 0 Å². The Labute approximate surface area is 132 Å². The number of halogens is 1. The lowest BCUT2D eigenvalue weighted by Crippen LogP contribution is -2.33. The number of benzene rings is 1. The molecule has 2 rings (SSSR count). The molecule has 1 atom stereocenters. The van der Waals surface area contributed by atoms with Gasteiger partial charge in [0, 0.05) is 31.6 Å². The van der Waals surface area contributed by atoms with E-state index < -0.39 is 0 Å². The van der Waals surface area contributed by atoms with Crippen molar-refractivity contribution in [2.24, 2.45) is 5.92 Å². The number of carbonyl (C=O) groups is 1. The Bertz CT molecular complexity index is 478. The van der Waals surface area contributed by atoms with E-state index in [4.69, 9.17) is 11.6 Å². The lowest BCUT2D eigenvalue weighted by Gasteiger charge is -2.29. The second-order valence-electron chi connectivity index (χ2n) is 6.19. The summed E-state index contributed by atoms with van der Waals surface area (Å²) in [5.41, 5.74) is 1.08. The first-order chi connectivity index (χ1) is 10.0. The zero-order valence-corrected chi connectivity index (χ0v) is 13.8. The van der Waals surface area contributed by atoms with Crippen LogP contribution >= 0.6 is 11.6 Å². The number of hydrogen-bond donors (Lipinski definition) is 0. The summed E-state index contributed by atoms with van der Waals surface area (Å²) in [5.74, 6) is 0.899. The molecule has 1 fully saturated rings. The van der Waals surface area contributed by atoms with Crippen LogP contribution in [-0.2, 0) is 11.3 Å². The molecule has 0 aliphatic carbocycles. The molecule has 0 radical (unpaired) electrons. The summed E-state index contributed by atoms with van der Waals surface area (Å²) >= 11 is 5.98. The zero-order chi connectivity index (χ0) is 15.2. The molecule has 1 saturated heterocycles. The third-order valence-corrected chi connectivity index (χ3v) is 4.46. The Morgan fingerprint density at radius 2 is 2.29 bits per heavy atom. The molecule has 21 heavy (non-hydrogen) atoms. The van der Waals surface area contributed by atoms with Crippen molar-refractivity contribution >= 4 is 17.5 Å². The molecular weight excluding hydrogens is 284 g/mol. The van der Waals surface area contributed by atoms with Gasteiger partial charge in [-0.15, -0.1) is 0 Å². The van der Waals surface area contributed by atoms with E-state index in [2.05, 4.69) is 11.9 Å². The van der Waals surface area contributed by atoms with E-state index in [0.717, 1.165) is 23.6 Å². The van der Waals surface area contributed by atoms with Crippen LogP contribution in [0.4, 0.5) is 0 Å². The maximum absolute atomic E-state index is 12.2. The molecule has 3 nitrogen and oxygen atoms in total. The minimum atomic E-state index is 0.225. The standard InChI is InChI=1S/C17H25ClN2O/c1-19-10-4-6-14(12-19)8-9-17(21)20(2)13-15-5-3-7-16(18)11-15/h3,5,7,11,14H,4,6,8-10,12-13H2,1-2H3. The van der Waals surface area contributed by atoms with Gasteiger partial charge in [0.15, 0.2) is 0 Å². The van der Waals surface area contributed by atoms with Gasteiger partial charge in [-0.2, -0.15) is 0 Å². The summed E-state index contributed by atoms with van der Waals surface area (Å²) in [4.78, 5) is 16.4. The number of hydrogen-bond acceptors (Lipinski definition) is 2. The van der Waals surface area contributed by atoms with Crippen LogP contribution in [-0.4, -0.2) is 42.9 Å². The molecule has 4 heteroatoms. The van der Waals surface area contributed by atoms with Gasteiger partial charge in [-0.05, 0) is 56.5 Å². The zero-order valence-electron chi connectivity index (χ0n) is 13.0. The fraction of sp³-hybridized carbons (Fsp3) is 0.588. The minimum absolute atomic E-state index is 0.225. The fourth-order valence-electron chi connectivity index (χ4n) is 3.02. The Kier molecular flexibility index (Phi) is 6.07. The van der Waals surface area contributed by atoms with Crippen molar-refractivity contribution in [3.8, 4) is 0 Å². The molecule has 1 amide bonds. The number of piperidine rings is 1. The topological polar surface area (TPSA) is 23.6 Å². The fourth-order valence-corrected chi connectivity index (χ4v) is 3.24. The van der Waals surface area contributed by atoms with Crippen LogP contribution in [0.25, 0.3) is 0 Å². The highest BCUT2D eigenvalue weighted by molar-refractivity contribution is 6.30. The molecule has 1 aromatic carbocycles. The van der Waals surface area contributed by atoms with Crippen LogP contribution < -0.4 is 0 Å². The third kappa shape index (κ3) is 5.33. The lowest BCUT2D eigenvalue weighted by molar-refractivity contribution is -0.130. The van der Waals surface area contributed by atoms with Gasteiger partial charge in [0.1, 0.15) is 0 Å². The monoisotopic (exact) mass is 308 g/mol. The predicted octanol–water partition coefficient (Wildman–Crippen LogP) is 3.42. The Morgan fingerprint density at radius 1 is 1.48 bits per heavy atom. The van der Waals surface area contributed by atoms with Crippen molar-refractivity contribution in [2.75, 3.05) is 27.2 Å². The maximum atomic E-state index is 12.2. The number of carbonyl (C=O) groups excluding carboxylic acids is 1. The van der Waals surface area contributed by atoms with Crippen LogP contribution in [0, 0.1) is 5.92 Å². The van der Waals surface area contributed by atoms with Gasteiger partial charge in [-0.25, -0.2) is 0 Å². The largest absolute Gasteiger partial charge is 0.341 e. The van der Waals surface area contributed by atoms with Crippen molar-refractivity contribution in [3.63, 3.8) is 0 Å². The van der Waals surface area contributed by atoms with Crippen molar-refractivity contribution in [1.29, 1.82) is 0 Å². The normalized spacial score (nSPS) is 19.5. The first kappa shape index (κ1) is 16.3. The average molecular weight is 309 g/mol. The van der Waals surface area contributed by atoms with Gasteiger partial charge in [0.05, 0.1) is 0 Å². The Morgan fingerprint density at radius 3 is 3.00 bits per heavy atom. The molecule has 1 aromatic rings. The van der Waals surface area contributed by atoms with E-state index >= 15 is 0 Å². The summed E-state index contributed by atoms with van der Waals surface area (Å²) in [6.45, 7) is 2.95. The summed E-state index contributed by atoms with van der Waals surface area (Å²) < 4.78 is 0. The SMILES string of the molecule is CN1CCCC(CCC(=O)N(C)Cc2cccc(Cl)c2)C1. The molecule has 0 aromatic heterocycles. The first-order valence-electron chi connectivity index (χ1n) is 7.71. The smallest absolute Gasteiger partial charge is 0.222 e. The third-order valence-electron chi connectivity index (χ3n) is 4.22. The van der Waals surface area contributed by atoms with Crippen molar-refractivity contribution in [2.45, 2.75) is 32.2 Å². The Balaban J connectivity index is 1.77. The average Bonchev–Trinajstić information content (AvgIpc) is 2.45. The highest BCUT2D eigenvalue weighted by Gasteiger charge is 2.19. The van der Waals surface area contributed by atoms with Crippen LogP contribution in [0.5, 0.6) is 0 Å². The molecular formula is C17H25ClN2O. The minimum Gasteiger partial charge on any atom is -0.341 e. The number of rotatable bonds is 5. The highest BCUT2D eigenvalue weighted by atomic mass is 35.5. The van der Waals surface area contributed by atoms with Gasteiger partial charge in [0.2, 0.25) is 5.91 Å². The Hall–Kier alpha value is -1.06. The molecule has 116 valence electrons. The van der Waals surface area contributed by atoms with E-state index in [1.165, 1.54) is 19.4 Å². The molecule has 0 saturated carbocycles. The first-order valence-corrected chi connectivity index (χ1v) is 8.09. The van der Waals surface area contributed by atoms with Crippen LogP contribution in [0.15, 0.2) is 24.3 Å². The summed E-state index contributed by atoms with van der Waals surface area (Å²) in [7, 11) is 4.04. The van der Waals surface area contributed by atoms with Gasteiger partial charge in [-0.1, -0.05) is 23.7 Å². The molecule has 1 unspecified atom stereocenters. The van der Waals surface area contributed by atoms with E-state index in [0.29, 0.717) is 18.9 Å². The van der Waals surface area contributed by atoms with E-state index in [-0.39, 0.29) is 5.91 Å². The summed E-state index contributed by atoms with van der Waals surface area (Å²) in [6.07, 6.45) is 4.17. The lowest BCUT2D eigenvalue weighted by atomic mass is 9.93. The second kappa shape index (κ2) is 7.81. The number of nitrogens with zero attached hydrogens (tertiary/aromatic N) is 2.